The van der Waals surface area contributed by atoms with Crippen molar-refractivity contribution in [2.24, 2.45) is 0 Å². The molecular weight excluding hydrogens is 458 g/mol. The Bertz CT molecular complexity index is 1230. The van der Waals surface area contributed by atoms with Crippen LogP contribution >= 0.6 is 15.9 Å². The van der Waals surface area contributed by atoms with E-state index in [0.29, 0.717) is 16.9 Å². The lowest BCUT2D eigenvalue weighted by atomic mass is 9.95. The summed E-state index contributed by atoms with van der Waals surface area (Å²) in [4.78, 5) is 10.4. The van der Waals surface area contributed by atoms with E-state index in [2.05, 4.69) is 15.9 Å². The highest BCUT2D eigenvalue weighted by Gasteiger charge is 2.31. The van der Waals surface area contributed by atoms with Gasteiger partial charge in [0.1, 0.15) is 12.4 Å². The number of rotatable bonds is 4. The number of nitro benzene ring substituents is 1. The molecule has 6 nitrogen and oxygen atoms in total. The molecule has 0 saturated carbocycles. The molecule has 3 aromatic rings. The zero-order valence-electron chi connectivity index (χ0n) is 14.9. The number of ether oxygens (including phenoxy) is 1. The van der Waals surface area contributed by atoms with Gasteiger partial charge in [0.2, 0.25) is 9.84 Å². The van der Waals surface area contributed by atoms with Gasteiger partial charge in [-0.25, -0.2) is 8.42 Å². The number of fused-ring (bicyclic) bond motifs is 1. The van der Waals surface area contributed by atoms with E-state index in [1.807, 2.05) is 42.5 Å². The van der Waals surface area contributed by atoms with Gasteiger partial charge in [0.05, 0.1) is 14.7 Å². The van der Waals surface area contributed by atoms with Crippen molar-refractivity contribution in [3.05, 3.63) is 103 Å². The van der Waals surface area contributed by atoms with Crippen LogP contribution in [0, 0.1) is 10.1 Å². The predicted octanol–water partition coefficient (Wildman–Crippen LogP) is 4.98. The topological polar surface area (TPSA) is 86.5 Å². The van der Waals surface area contributed by atoms with E-state index in [0.717, 1.165) is 10.0 Å². The summed E-state index contributed by atoms with van der Waals surface area (Å²) in [5, 5.41) is 10.9. The highest BCUT2D eigenvalue weighted by Crippen LogP contribution is 2.41. The Morgan fingerprint density at radius 1 is 0.931 bits per heavy atom. The quantitative estimate of drug-likeness (QED) is 0.395. The maximum atomic E-state index is 13.4. The van der Waals surface area contributed by atoms with Crippen LogP contribution in [0.3, 0.4) is 0 Å². The zero-order chi connectivity index (χ0) is 20.6. The normalized spacial score (nSPS) is 13.6. The van der Waals surface area contributed by atoms with Gasteiger partial charge in [0.25, 0.3) is 5.69 Å². The van der Waals surface area contributed by atoms with Crippen molar-refractivity contribution in [3.8, 4) is 5.75 Å². The number of benzene rings is 3. The lowest BCUT2D eigenvalue weighted by Crippen LogP contribution is -2.19. The van der Waals surface area contributed by atoms with Crippen molar-refractivity contribution in [1.82, 2.24) is 0 Å². The lowest BCUT2D eigenvalue weighted by molar-refractivity contribution is -0.384. The van der Waals surface area contributed by atoms with E-state index in [-0.39, 0.29) is 22.1 Å². The molecule has 1 heterocycles. The molecule has 1 aliphatic rings. The van der Waals surface area contributed by atoms with Crippen LogP contribution in [0.4, 0.5) is 5.69 Å². The molecule has 0 saturated heterocycles. The maximum absolute atomic E-state index is 13.4. The van der Waals surface area contributed by atoms with Crippen LogP contribution in [0.2, 0.25) is 0 Å². The third-order valence-electron chi connectivity index (χ3n) is 4.61. The average molecular weight is 472 g/mol. The third-order valence-corrected chi connectivity index (χ3v) is 7.00. The zero-order valence-corrected chi connectivity index (χ0v) is 17.3. The first kappa shape index (κ1) is 19.4. The fourth-order valence-corrected chi connectivity index (χ4v) is 4.95. The number of sulfone groups is 1. The second-order valence-electron chi connectivity index (χ2n) is 6.34. The Hall–Kier alpha value is -2.97. The summed E-state index contributed by atoms with van der Waals surface area (Å²) in [5.41, 5.74) is 1.82. The Morgan fingerprint density at radius 2 is 1.59 bits per heavy atom. The highest BCUT2D eigenvalue weighted by atomic mass is 79.9. The minimum absolute atomic E-state index is 0.0179. The van der Waals surface area contributed by atoms with Crippen LogP contribution < -0.4 is 4.74 Å². The van der Waals surface area contributed by atoms with Crippen LogP contribution in [-0.4, -0.2) is 19.9 Å². The first-order valence-corrected chi connectivity index (χ1v) is 10.9. The molecule has 0 fully saturated rings. The van der Waals surface area contributed by atoms with Crippen LogP contribution in [0.25, 0.3) is 5.57 Å². The number of nitro groups is 1. The van der Waals surface area contributed by atoms with E-state index in [4.69, 9.17) is 4.74 Å². The fourth-order valence-electron chi connectivity index (χ4n) is 3.20. The minimum atomic E-state index is -3.93. The monoisotopic (exact) mass is 471 g/mol. The van der Waals surface area contributed by atoms with Crippen molar-refractivity contribution in [2.45, 2.75) is 4.90 Å². The summed E-state index contributed by atoms with van der Waals surface area (Å²) in [7, 11) is -3.93. The molecule has 1 aliphatic heterocycles. The van der Waals surface area contributed by atoms with E-state index < -0.39 is 14.8 Å². The number of para-hydroxylation sites is 1. The minimum Gasteiger partial charge on any atom is -0.487 e. The van der Waals surface area contributed by atoms with Crippen molar-refractivity contribution < 1.29 is 18.1 Å². The summed E-state index contributed by atoms with van der Waals surface area (Å²) in [6.45, 7) is -0.123. The predicted molar refractivity (Wildman–Crippen MR) is 112 cm³/mol. The summed E-state index contributed by atoms with van der Waals surface area (Å²) in [5.74, 6) is 0.605. The van der Waals surface area contributed by atoms with E-state index in [9.17, 15) is 18.5 Å². The summed E-state index contributed by atoms with van der Waals surface area (Å²) < 4.78 is 33.4. The van der Waals surface area contributed by atoms with Crippen molar-refractivity contribution in [1.29, 1.82) is 0 Å². The molecule has 3 aromatic carbocycles. The highest BCUT2D eigenvalue weighted by molar-refractivity contribution is 9.10. The number of non-ortho nitro benzene ring substituents is 1. The van der Waals surface area contributed by atoms with Gasteiger partial charge in [0.15, 0.2) is 0 Å². The summed E-state index contributed by atoms with van der Waals surface area (Å²) in [6, 6.07) is 19.5. The first-order chi connectivity index (χ1) is 13.9. The Morgan fingerprint density at radius 3 is 2.24 bits per heavy atom. The Kier molecular flexibility index (Phi) is 4.97. The van der Waals surface area contributed by atoms with E-state index >= 15 is 0 Å². The first-order valence-electron chi connectivity index (χ1n) is 8.59. The Labute approximate surface area is 175 Å². The Balaban J connectivity index is 1.94. The second-order valence-corrected chi connectivity index (χ2v) is 9.23. The van der Waals surface area contributed by atoms with Gasteiger partial charge in [-0.1, -0.05) is 46.3 Å². The molecule has 146 valence electrons. The lowest BCUT2D eigenvalue weighted by Gasteiger charge is -2.24. The standard InChI is InChI=1S/C21H14BrNO5S/c22-15-7-5-14(6-8-15)21-18-3-1-2-4-19(18)28-13-20(21)29(26,27)17-11-9-16(10-12-17)23(24)25/h1-12H,13H2. The smallest absolute Gasteiger partial charge is 0.269 e. The largest absolute Gasteiger partial charge is 0.487 e. The van der Waals surface area contributed by atoms with Crippen LogP contribution in [0.15, 0.2) is 87.1 Å². The molecule has 0 atom stereocenters. The molecule has 0 N–H and O–H groups in total. The molecule has 8 heteroatoms. The average Bonchev–Trinajstić information content (AvgIpc) is 2.73. The van der Waals surface area contributed by atoms with Crippen LogP contribution in [0.5, 0.6) is 5.75 Å². The van der Waals surface area contributed by atoms with Crippen molar-refractivity contribution in [2.75, 3.05) is 6.61 Å². The SMILES string of the molecule is O=[N+]([O-])c1ccc(S(=O)(=O)C2=C(c3ccc(Br)cc3)c3ccccc3OC2)cc1. The van der Waals surface area contributed by atoms with Gasteiger partial charge in [-0.15, -0.1) is 0 Å². The number of halogens is 1. The summed E-state index contributed by atoms with van der Waals surface area (Å²) in [6.07, 6.45) is 0. The molecule has 4 rings (SSSR count). The molecule has 29 heavy (non-hydrogen) atoms. The van der Waals surface area contributed by atoms with Crippen LogP contribution in [-0.2, 0) is 9.84 Å². The number of hydrogen-bond donors (Lipinski definition) is 0. The second kappa shape index (κ2) is 7.46. The van der Waals surface area contributed by atoms with Gasteiger partial charge in [-0.3, -0.25) is 10.1 Å². The molecule has 0 spiro atoms. The molecule has 0 bridgehead atoms. The van der Waals surface area contributed by atoms with Gasteiger partial charge in [-0.05, 0) is 35.9 Å². The number of nitrogens with zero attached hydrogens (tertiary/aromatic N) is 1. The van der Waals surface area contributed by atoms with Gasteiger partial charge in [-0.2, -0.15) is 0 Å². The van der Waals surface area contributed by atoms with Gasteiger partial charge in [0, 0.05) is 27.7 Å². The van der Waals surface area contributed by atoms with Crippen LogP contribution in [0.1, 0.15) is 11.1 Å². The van der Waals surface area contributed by atoms with E-state index in [1.54, 1.807) is 6.07 Å². The van der Waals surface area contributed by atoms with Gasteiger partial charge >= 0.3 is 0 Å². The summed E-state index contributed by atoms with van der Waals surface area (Å²) >= 11 is 3.40. The third kappa shape index (κ3) is 3.56. The number of hydrogen-bond acceptors (Lipinski definition) is 5. The molecule has 0 aliphatic carbocycles. The maximum Gasteiger partial charge on any atom is 0.269 e. The fraction of sp³-hybridized carbons (Fsp3) is 0.0476. The van der Waals surface area contributed by atoms with Crippen molar-refractivity contribution in [3.63, 3.8) is 0 Å². The molecule has 0 radical (unpaired) electrons. The molecular formula is C21H14BrNO5S. The van der Waals surface area contributed by atoms with Gasteiger partial charge < -0.3 is 4.74 Å². The van der Waals surface area contributed by atoms with E-state index in [1.165, 1.54) is 24.3 Å². The molecule has 0 aromatic heterocycles. The molecule has 0 unspecified atom stereocenters. The molecule has 0 amide bonds. The van der Waals surface area contributed by atoms with Crippen molar-refractivity contribution >= 4 is 37.0 Å².